The topological polar surface area (TPSA) is 112 Å². The van der Waals surface area contributed by atoms with Gasteiger partial charge in [-0.1, -0.05) is 26.7 Å². The third-order valence-corrected chi connectivity index (χ3v) is 3.37. The Morgan fingerprint density at radius 1 is 1.05 bits per heavy atom. The fourth-order valence-electron chi connectivity index (χ4n) is 2.36. The van der Waals surface area contributed by atoms with Crippen molar-refractivity contribution in [3.8, 4) is 12.1 Å². The molecule has 4 unspecified atom stereocenters. The number of nitrogens with zero attached hydrogens (tertiary/aromatic N) is 4. The van der Waals surface area contributed by atoms with Gasteiger partial charge >= 0.3 is 6.03 Å². The summed E-state index contributed by atoms with van der Waals surface area (Å²) in [5, 5.41) is 38.2. The van der Waals surface area contributed by atoms with Gasteiger partial charge in [-0.2, -0.15) is 10.5 Å². The Bertz CT molecular complexity index is 390. The van der Waals surface area contributed by atoms with Crippen LogP contribution in [0.25, 0.3) is 0 Å². The second-order valence-electron chi connectivity index (χ2n) is 4.79. The smallest absolute Gasteiger partial charge is 0.326 e. The van der Waals surface area contributed by atoms with Crippen LogP contribution >= 0.6 is 0 Å². The summed E-state index contributed by atoms with van der Waals surface area (Å²) >= 11 is 0. The maximum absolute atomic E-state index is 12.3. The van der Waals surface area contributed by atoms with Gasteiger partial charge in [0, 0.05) is 0 Å². The summed E-state index contributed by atoms with van der Waals surface area (Å²) in [6.45, 7) is 3.72. The number of urea groups is 1. The lowest BCUT2D eigenvalue weighted by molar-refractivity contribution is -0.0761. The number of carbonyl (C=O) groups excluding carboxylic acids is 1. The molecule has 20 heavy (non-hydrogen) atoms. The zero-order valence-electron chi connectivity index (χ0n) is 11.7. The van der Waals surface area contributed by atoms with E-state index in [2.05, 4.69) is 0 Å². The van der Waals surface area contributed by atoms with Crippen LogP contribution in [-0.2, 0) is 0 Å². The average molecular weight is 280 g/mol. The van der Waals surface area contributed by atoms with Gasteiger partial charge in [0.2, 0.25) is 0 Å². The number of amides is 2. The van der Waals surface area contributed by atoms with E-state index in [0.29, 0.717) is 25.7 Å². The van der Waals surface area contributed by atoms with E-state index < -0.39 is 30.6 Å². The molecule has 4 atom stereocenters. The maximum atomic E-state index is 12.3. The highest BCUT2D eigenvalue weighted by Gasteiger charge is 2.49. The highest BCUT2D eigenvalue weighted by molar-refractivity contribution is 5.78. The largest absolute Gasteiger partial charge is 0.369 e. The predicted molar refractivity (Wildman–Crippen MR) is 69.7 cm³/mol. The molecule has 110 valence electrons. The van der Waals surface area contributed by atoms with Crippen LogP contribution in [0.2, 0.25) is 0 Å². The minimum absolute atomic E-state index is 0.408. The van der Waals surface area contributed by atoms with Gasteiger partial charge in [0.1, 0.15) is 12.1 Å². The van der Waals surface area contributed by atoms with Gasteiger partial charge in [-0.3, -0.25) is 9.80 Å². The minimum Gasteiger partial charge on any atom is -0.369 e. The molecule has 7 heteroatoms. The van der Waals surface area contributed by atoms with Crippen LogP contribution in [0.3, 0.4) is 0 Å². The fraction of sp³-hybridized carbons (Fsp3) is 0.769. The predicted octanol–water partition coefficient (Wildman–Crippen LogP) is 0.745. The molecule has 1 fully saturated rings. The molecule has 0 spiro atoms. The van der Waals surface area contributed by atoms with Gasteiger partial charge in [0.15, 0.2) is 12.5 Å². The van der Waals surface area contributed by atoms with Crippen LogP contribution in [-0.4, -0.2) is 50.6 Å². The molecular formula is C13H20N4O3. The molecule has 1 heterocycles. The number of aliphatic hydroxyl groups excluding tert-OH is 2. The summed E-state index contributed by atoms with van der Waals surface area (Å²) in [5.74, 6) is 0. The first kappa shape index (κ1) is 16.2. The SMILES string of the molecule is CCCC(C#N)N1C(=O)N(C(C#N)CCC)C(O)C1O. The van der Waals surface area contributed by atoms with Gasteiger partial charge in [0.25, 0.3) is 0 Å². The molecule has 2 amide bonds. The first-order chi connectivity index (χ1) is 9.53. The van der Waals surface area contributed by atoms with Gasteiger partial charge in [0.05, 0.1) is 12.1 Å². The Morgan fingerprint density at radius 3 is 1.65 bits per heavy atom. The zero-order chi connectivity index (χ0) is 15.3. The molecule has 0 aromatic rings. The molecule has 1 rings (SSSR count). The third kappa shape index (κ3) is 2.84. The molecular weight excluding hydrogens is 260 g/mol. The van der Waals surface area contributed by atoms with Gasteiger partial charge < -0.3 is 10.2 Å². The lowest BCUT2D eigenvalue weighted by Crippen LogP contribution is -2.44. The van der Waals surface area contributed by atoms with Crippen LogP contribution in [0.15, 0.2) is 0 Å². The summed E-state index contributed by atoms with van der Waals surface area (Å²) in [6, 6.07) is 1.65. The summed E-state index contributed by atoms with van der Waals surface area (Å²) in [7, 11) is 0. The Hall–Kier alpha value is -1.83. The van der Waals surface area contributed by atoms with Gasteiger partial charge in [-0.05, 0) is 12.8 Å². The van der Waals surface area contributed by atoms with Crippen molar-refractivity contribution in [1.29, 1.82) is 10.5 Å². The molecule has 1 saturated heterocycles. The first-order valence-electron chi connectivity index (χ1n) is 6.79. The molecule has 7 nitrogen and oxygen atoms in total. The molecule has 2 N–H and O–H groups in total. The quantitative estimate of drug-likeness (QED) is 0.745. The fourth-order valence-corrected chi connectivity index (χ4v) is 2.36. The minimum atomic E-state index is -1.48. The first-order valence-corrected chi connectivity index (χ1v) is 6.79. The number of aliphatic hydroxyl groups is 2. The Kier molecular flexibility index (Phi) is 5.75. The number of hydrogen-bond acceptors (Lipinski definition) is 5. The van der Waals surface area contributed by atoms with Crippen molar-refractivity contribution in [1.82, 2.24) is 9.80 Å². The number of rotatable bonds is 6. The molecule has 0 saturated carbocycles. The van der Waals surface area contributed by atoms with Crippen molar-refractivity contribution in [3.05, 3.63) is 0 Å². The Morgan fingerprint density at radius 2 is 1.40 bits per heavy atom. The summed E-state index contributed by atoms with van der Waals surface area (Å²) in [5.41, 5.74) is 0. The van der Waals surface area contributed by atoms with Crippen molar-refractivity contribution >= 4 is 6.03 Å². The number of carbonyl (C=O) groups is 1. The lowest BCUT2D eigenvalue weighted by Gasteiger charge is -2.25. The van der Waals surface area contributed by atoms with Crippen molar-refractivity contribution < 1.29 is 15.0 Å². The van der Waals surface area contributed by atoms with Crippen LogP contribution in [0.1, 0.15) is 39.5 Å². The standard InChI is InChI=1S/C13H20N4O3/c1-3-5-9(7-14)16-11(18)12(19)17(13(16)20)10(8-15)6-4-2/h9-12,18-19H,3-6H2,1-2H3. The van der Waals surface area contributed by atoms with Crippen LogP contribution in [0.4, 0.5) is 4.79 Å². The second kappa shape index (κ2) is 7.09. The van der Waals surface area contributed by atoms with E-state index in [-0.39, 0.29) is 0 Å². The monoisotopic (exact) mass is 280 g/mol. The van der Waals surface area contributed by atoms with Crippen LogP contribution < -0.4 is 0 Å². The van der Waals surface area contributed by atoms with Crippen molar-refractivity contribution in [3.63, 3.8) is 0 Å². The molecule has 0 aliphatic carbocycles. The second-order valence-corrected chi connectivity index (χ2v) is 4.79. The van der Waals surface area contributed by atoms with E-state index in [4.69, 9.17) is 10.5 Å². The summed E-state index contributed by atoms with van der Waals surface area (Å²) in [6.07, 6.45) is -0.809. The highest BCUT2D eigenvalue weighted by atomic mass is 16.4. The van der Waals surface area contributed by atoms with Crippen molar-refractivity contribution in [2.24, 2.45) is 0 Å². The lowest BCUT2D eigenvalue weighted by atomic mass is 10.1. The van der Waals surface area contributed by atoms with E-state index in [9.17, 15) is 15.0 Å². The average Bonchev–Trinajstić information content (AvgIpc) is 2.65. The molecule has 0 aromatic carbocycles. The number of nitriles is 2. The molecule has 0 radical (unpaired) electrons. The highest BCUT2D eigenvalue weighted by Crippen LogP contribution is 2.27. The molecule has 1 aliphatic rings. The Labute approximate surface area is 118 Å². The van der Waals surface area contributed by atoms with E-state index in [1.54, 1.807) is 0 Å². The maximum Gasteiger partial charge on any atom is 0.326 e. The van der Waals surface area contributed by atoms with Crippen molar-refractivity contribution in [2.75, 3.05) is 0 Å². The molecule has 1 aliphatic heterocycles. The summed E-state index contributed by atoms with van der Waals surface area (Å²) in [4.78, 5) is 14.2. The third-order valence-electron chi connectivity index (χ3n) is 3.37. The molecule has 0 aromatic heterocycles. The van der Waals surface area contributed by atoms with Crippen LogP contribution in [0.5, 0.6) is 0 Å². The summed E-state index contributed by atoms with van der Waals surface area (Å²) < 4.78 is 0. The van der Waals surface area contributed by atoms with Gasteiger partial charge in [-0.15, -0.1) is 0 Å². The van der Waals surface area contributed by atoms with E-state index >= 15 is 0 Å². The van der Waals surface area contributed by atoms with E-state index in [1.165, 1.54) is 0 Å². The normalized spacial score (nSPS) is 25.2. The van der Waals surface area contributed by atoms with E-state index in [1.807, 2.05) is 26.0 Å². The zero-order valence-corrected chi connectivity index (χ0v) is 11.7. The molecule has 0 bridgehead atoms. The van der Waals surface area contributed by atoms with Crippen LogP contribution in [0, 0.1) is 22.7 Å². The van der Waals surface area contributed by atoms with Crippen molar-refractivity contribution in [2.45, 2.75) is 64.1 Å². The number of hydrogen-bond donors (Lipinski definition) is 2. The van der Waals surface area contributed by atoms with E-state index in [0.717, 1.165) is 9.80 Å². The Balaban J connectivity index is 3.01. The van der Waals surface area contributed by atoms with Gasteiger partial charge in [-0.25, -0.2) is 4.79 Å².